The first-order valence-electron chi connectivity index (χ1n) is 18.4. The summed E-state index contributed by atoms with van der Waals surface area (Å²) in [6.45, 7) is 0. The van der Waals surface area contributed by atoms with E-state index in [-0.39, 0.29) is 0 Å². The smallest absolute Gasteiger partial charge is 0.108 e. The molecular weight excluding hydrogens is 687 g/mol. The molecule has 0 heterocycles. The highest BCUT2D eigenvalue weighted by molar-refractivity contribution is 6.50. The molecule has 0 aliphatic heterocycles. The molecule has 0 amide bonds. The van der Waals surface area contributed by atoms with Crippen molar-refractivity contribution in [1.82, 2.24) is 0 Å². The minimum absolute atomic E-state index is 0.348. The maximum Gasteiger partial charge on any atom is 0.108 e. The fourth-order valence-corrected chi connectivity index (χ4v) is 7.90. The molecule has 9 rings (SSSR count). The van der Waals surface area contributed by atoms with Crippen LogP contribution in [0.1, 0.15) is 22.3 Å². The van der Waals surface area contributed by atoms with Crippen LogP contribution in [0.15, 0.2) is 204 Å². The summed E-state index contributed by atoms with van der Waals surface area (Å²) in [5.74, 6) is 0. The van der Waals surface area contributed by atoms with E-state index in [2.05, 4.69) is 131 Å². The van der Waals surface area contributed by atoms with Crippen LogP contribution in [-0.4, -0.2) is 22.8 Å². The van der Waals surface area contributed by atoms with E-state index in [0.29, 0.717) is 28.5 Å². The lowest BCUT2D eigenvalue weighted by atomic mass is 9.67. The summed E-state index contributed by atoms with van der Waals surface area (Å²) >= 11 is 0. The van der Waals surface area contributed by atoms with Gasteiger partial charge in [-0.05, 0) is 118 Å². The van der Waals surface area contributed by atoms with Crippen LogP contribution >= 0.6 is 0 Å². The zero-order chi connectivity index (χ0) is 38.1. The maximum atomic E-state index is 8.35. The Balaban J connectivity index is 1.22. The van der Waals surface area contributed by atoms with Gasteiger partial charge in [-0.25, -0.2) is 4.99 Å². The number of aliphatic imine (C=N–C) groups is 1. The van der Waals surface area contributed by atoms with E-state index in [4.69, 9.17) is 21.5 Å². The van der Waals surface area contributed by atoms with Gasteiger partial charge >= 0.3 is 0 Å². The Hall–Kier alpha value is -7.64. The number of hydrogen-bond acceptors (Lipinski definition) is 7. The van der Waals surface area contributed by atoms with Crippen LogP contribution in [0.2, 0.25) is 0 Å². The summed E-state index contributed by atoms with van der Waals surface area (Å²) < 4.78 is 0. The number of rotatable bonds is 8. The summed E-state index contributed by atoms with van der Waals surface area (Å²) in [5.41, 5.74) is 22.9. The Labute approximate surface area is 325 Å². The fourth-order valence-electron chi connectivity index (χ4n) is 7.90. The monoisotopic (exact) mass is 723 g/mol. The second kappa shape index (κ2) is 14.3. The predicted molar refractivity (Wildman–Crippen MR) is 233 cm³/mol. The molecule has 7 nitrogen and oxygen atoms in total. The first-order valence-corrected chi connectivity index (χ1v) is 18.4. The molecular formula is C49H37N7. The summed E-state index contributed by atoms with van der Waals surface area (Å²) in [5, 5.41) is 21.1. The third-order valence-corrected chi connectivity index (χ3v) is 10.4. The first kappa shape index (κ1) is 34.1. The van der Waals surface area contributed by atoms with Gasteiger partial charge in [-0.2, -0.15) is 5.10 Å². The largest absolute Gasteiger partial charge is 0.399 e. The van der Waals surface area contributed by atoms with E-state index >= 15 is 0 Å². The third kappa shape index (κ3) is 6.07. The van der Waals surface area contributed by atoms with Crippen LogP contribution in [0.4, 0.5) is 34.1 Å². The molecule has 6 aromatic carbocycles. The average Bonchev–Trinajstić information content (AvgIpc) is 3.53. The number of anilines is 5. The van der Waals surface area contributed by atoms with E-state index in [1.807, 2.05) is 66.8 Å². The van der Waals surface area contributed by atoms with Gasteiger partial charge in [-0.3, -0.25) is 16.2 Å². The Morgan fingerprint density at radius 1 is 0.518 bits per heavy atom. The van der Waals surface area contributed by atoms with Gasteiger partial charge in [-0.1, -0.05) is 109 Å². The maximum absolute atomic E-state index is 8.35. The molecule has 6 aromatic rings. The molecule has 5 N–H and O–H groups in total. The first-order chi connectivity index (χ1) is 27.5. The quantitative estimate of drug-likeness (QED) is 0.0711. The van der Waals surface area contributed by atoms with Crippen LogP contribution in [0.25, 0.3) is 11.1 Å². The number of allylic oxidation sites excluding steroid dienone is 8. The molecule has 0 radical (unpaired) electrons. The SMILES string of the molecule is N=C1C=CC=C/C1=N/Nc1cccc(N(c2cccc(N)c2)c2ccc3c(c2)C(c2ccccc2)(c2ccc(/N=C4\C=CC=CC4=N)cc2)c2ccccc2-3)c1. The predicted octanol–water partition coefficient (Wildman–Crippen LogP) is 11.2. The van der Waals surface area contributed by atoms with Gasteiger partial charge < -0.3 is 10.6 Å². The van der Waals surface area contributed by atoms with Crippen molar-refractivity contribution in [2.45, 2.75) is 5.41 Å². The highest BCUT2D eigenvalue weighted by Gasteiger charge is 2.46. The lowest BCUT2D eigenvalue weighted by molar-refractivity contribution is 0.768. The minimum atomic E-state index is -0.650. The molecule has 56 heavy (non-hydrogen) atoms. The summed E-state index contributed by atoms with van der Waals surface area (Å²) in [6, 6.07) is 50.7. The Kier molecular flexibility index (Phi) is 8.72. The van der Waals surface area contributed by atoms with E-state index < -0.39 is 5.41 Å². The number of nitrogens with one attached hydrogen (secondary N) is 3. The van der Waals surface area contributed by atoms with Crippen LogP contribution in [0.3, 0.4) is 0 Å². The van der Waals surface area contributed by atoms with Crippen molar-refractivity contribution in [2.75, 3.05) is 16.1 Å². The normalized spacial score (nSPS) is 18.0. The molecule has 0 aromatic heterocycles. The standard InChI is InChI=1S/C49H37N7/c50-35-14-10-16-38(30-35)56(39-17-11-15-37(31-39)54-55-48-23-9-7-21-46(48)52)40-28-29-42-41-18-4-5-19-43(41)49(44(42)32-40,33-12-2-1-3-13-33)34-24-26-36(27-25-34)53-47-22-8-6-20-45(47)51/h1-32,51-52,54H,50H2/b51-45?,52-46?,53-47+,55-48-. The van der Waals surface area contributed by atoms with Crippen LogP contribution in [0.5, 0.6) is 0 Å². The van der Waals surface area contributed by atoms with Gasteiger partial charge in [0, 0.05) is 22.7 Å². The zero-order valence-corrected chi connectivity index (χ0v) is 30.4. The van der Waals surface area contributed by atoms with Gasteiger partial charge in [0.1, 0.15) is 5.71 Å². The molecule has 3 aliphatic carbocycles. The fraction of sp³-hybridized carbons (Fsp3) is 0.0204. The molecule has 0 saturated carbocycles. The Bertz CT molecular complexity index is 2720. The summed E-state index contributed by atoms with van der Waals surface area (Å²) in [6.07, 6.45) is 14.6. The van der Waals surface area contributed by atoms with Gasteiger partial charge in [0.25, 0.3) is 0 Å². The van der Waals surface area contributed by atoms with Crippen molar-refractivity contribution < 1.29 is 0 Å². The van der Waals surface area contributed by atoms with E-state index in [0.717, 1.165) is 45.1 Å². The Morgan fingerprint density at radius 2 is 1.14 bits per heavy atom. The number of nitrogens with zero attached hydrogens (tertiary/aromatic N) is 3. The molecule has 3 aliphatic rings. The number of fused-ring (bicyclic) bond motifs is 3. The molecule has 7 heteroatoms. The highest BCUT2D eigenvalue weighted by atomic mass is 15.3. The van der Waals surface area contributed by atoms with Crippen molar-refractivity contribution in [3.8, 4) is 11.1 Å². The van der Waals surface area contributed by atoms with E-state index in [9.17, 15) is 0 Å². The van der Waals surface area contributed by atoms with Crippen molar-refractivity contribution in [2.24, 2.45) is 10.1 Å². The minimum Gasteiger partial charge on any atom is -0.399 e. The summed E-state index contributed by atoms with van der Waals surface area (Å²) in [7, 11) is 0. The third-order valence-electron chi connectivity index (χ3n) is 10.4. The zero-order valence-electron chi connectivity index (χ0n) is 30.4. The molecule has 0 fully saturated rings. The molecule has 1 atom stereocenters. The second-order valence-corrected chi connectivity index (χ2v) is 13.8. The van der Waals surface area contributed by atoms with Gasteiger partial charge in [0.15, 0.2) is 0 Å². The lowest BCUT2D eigenvalue weighted by Crippen LogP contribution is -2.28. The Morgan fingerprint density at radius 3 is 1.89 bits per heavy atom. The second-order valence-electron chi connectivity index (χ2n) is 13.8. The number of benzene rings is 6. The van der Waals surface area contributed by atoms with Crippen LogP contribution < -0.4 is 16.1 Å². The average molecular weight is 724 g/mol. The molecule has 0 saturated heterocycles. The van der Waals surface area contributed by atoms with Crippen molar-refractivity contribution in [1.29, 1.82) is 10.8 Å². The van der Waals surface area contributed by atoms with Crippen molar-refractivity contribution in [3.05, 3.63) is 216 Å². The van der Waals surface area contributed by atoms with Gasteiger partial charge in [0.2, 0.25) is 0 Å². The van der Waals surface area contributed by atoms with Gasteiger partial charge in [0.05, 0.1) is 33.9 Å². The molecule has 0 spiro atoms. The highest BCUT2D eigenvalue weighted by Crippen LogP contribution is 2.57. The van der Waals surface area contributed by atoms with Crippen LogP contribution in [0, 0.1) is 10.8 Å². The van der Waals surface area contributed by atoms with Crippen LogP contribution in [-0.2, 0) is 5.41 Å². The number of nitrogens with two attached hydrogens (primary N) is 1. The number of nitrogen functional groups attached to an aromatic ring is 1. The van der Waals surface area contributed by atoms with E-state index in [1.165, 1.54) is 16.7 Å². The molecule has 1 unspecified atom stereocenters. The molecule has 0 bridgehead atoms. The topological polar surface area (TPSA) is 114 Å². The van der Waals surface area contributed by atoms with Gasteiger partial charge in [-0.15, -0.1) is 0 Å². The number of hydrazone groups is 1. The number of hydrogen-bond donors (Lipinski definition) is 4. The lowest BCUT2D eigenvalue weighted by Gasteiger charge is -2.35. The molecule has 268 valence electrons. The van der Waals surface area contributed by atoms with E-state index in [1.54, 1.807) is 12.2 Å². The van der Waals surface area contributed by atoms with Crippen molar-refractivity contribution >= 4 is 57.0 Å². The van der Waals surface area contributed by atoms with Crippen molar-refractivity contribution in [3.63, 3.8) is 0 Å². The summed E-state index contributed by atoms with van der Waals surface area (Å²) in [4.78, 5) is 7.04.